The van der Waals surface area contributed by atoms with Crippen molar-refractivity contribution in [2.75, 3.05) is 44.6 Å². The van der Waals surface area contributed by atoms with Crippen molar-refractivity contribution in [3.8, 4) is 0 Å². The van der Waals surface area contributed by atoms with Gasteiger partial charge in [0.15, 0.2) is 0 Å². The molecule has 1 aromatic heterocycles. The molecule has 1 unspecified atom stereocenters. The molecule has 0 aliphatic carbocycles. The maximum Gasteiger partial charge on any atom is 0.103 e. The first-order valence-electron chi connectivity index (χ1n) is 6.15. The molecule has 1 aromatic rings. The molecule has 0 spiro atoms. The van der Waals surface area contributed by atoms with Crippen LogP contribution < -0.4 is 10.6 Å². The normalized spacial score (nSPS) is 19.6. The van der Waals surface area contributed by atoms with Crippen LogP contribution in [0.1, 0.15) is 6.92 Å². The van der Waals surface area contributed by atoms with Crippen molar-refractivity contribution in [1.29, 1.82) is 0 Å². The Morgan fingerprint density at radius 3 is 2.94 bits per heavy atom. The monoisotopic (exact) mass is 222 g/mol. The molecular weight excluding hydrogens is 200 g/mol. The molecule has 0 amide bonds. The van der Waals surface area contributed by atoms with Gasteiger partial charge >= 0.3 is 0 Å². The average Bonchev–Trinajstić information content (AvgIpc) is 2.81. The molecule has 3 N–H and O–H groups in total. The Bertz CT molecular complexity index is 277. The summed E-state index contributed by atoms with van der Waals surface area (Å²) in [6.45, 7) is 9.17. The van der Waals surface area contributed by atoms with Crippen LogP contribution in [0.4, 0.5) is 5.82 Å². The van der Waals surface area contributed by atoms with Gasteiger partial charge in [-0.15, -0.1) is 0 Å². The number of aromatic nitrogens is 1. The molecule has 4 nitrogen and oxygen atoms in total. The Balaban J connectivity index is 1.65. The second-order valence-electron chi connectivity index (χ2n) is 4.62. The van der Waals surface area contributed by atoms with Crippen LogP contribution in [-0.2, 0) is 0 Å². The van der Waals surface area contributed by atoms with Gasteiger partial charge < -0.3 is 20.5 Å². The van der Waals surface area contributed by atoms with Gasteiger partial charge in [-0.2, -0.15) is 0 Å². The maximum absolute atomic E-state index is 3.42. The fraction of sp³-hybridized carbons (Fsp3) is 0.667. The second kappa shape index (κ2) is 5.92. The van der Waals surface area contributed by atoms with E-state index in [1.165, 1.54) is 19.6 Å². The SMILES string of the molecule is CC(CNc1ccc[nH]1)CN1CCNCC1. The molecule has 16 heavy (non-hydrogen) atoms. The quantitative estimate of drug-likeness (QED) is 0.695. The van der Waals surface area contributed by atoms with Gasteiger partial charge in [0.1, 0.15) is 5.82 Å². The molecule has 90 valence electrons. The number of rotatable bonds is 5. The van der Waals surface area contributed by atoms with E-state index < -0.39 is 0 Å². The first kappa shape index (κ1) is 11.5. The molecule has 1 aliphatic rings. The summed E-state index contributed by atoms with van der Waals surface area (Å²) >= 11 is 0. The standard InChI is InChI=1S/C12H22N4/c1-11(9-15-12-3-2-4-14-12)10-16-7-5-13-6-8-16/h2-4,11,13-15H,5-10H2,1H3. The van der Waals surface area contributed by atoms with E-state index in [0.717, 1.165) is 25.5 Å². The van der Waals surface area contributed by atoms with Gasteiger partial charge in [-0.05, 0) is 18.1 Å². The summed E-state index contributed by atoms with van der Waals surface area (Å²) in [5, 5.41) is 6.80. The zero-order chi connectivity index (χ0) is 11.2. The minimum atomic E-state index is 0.682. The number of anilines is 1. The van der Waals surface area contributed by atoms with Crippen LogP contribution in [-0.4, -0.2) is 49.2 Å². The van der Waals surface area contributed by atoms with Crippen LogP contribution in [0.25, 0.3) is 0 Å². The number of nitrogens with one attached hydrogen (secondary N) is 3. The molecule has 0 bridgehead atoms. The Kier molecular flexibility index (Phi) is 4.25. The second-order valence-corrected chi connectivity index (χ2v) is 4.62. The minimum Gasteiger partial charge on any atom is -0.371 e. The largest absolute Gasteiger partial charge is 0.371 e. The highest BCUT2D eigenvalue weighted by atomic mass is 15.2. The number of H-pyrrole nitrogens is 1. The highest BCUT2D eigenvalue weighted by Gasteiger charge is 2.12. The van der Waals surface area contributed by atoms with Crippen molar-refractivity contribution in [2.45, 2.75) is 6.92 Å². The first-order valence-corrected chi connectivity index (χ1v) is 6.15. The van der Waals surface area contributed by atoms with Crippen LogP contribution in [0.5, 0.6) is 0 Å². The highest BCUT2D eigenvalue weighted by molar-refractivity contribution is 5.33. The predicted octanol–water partition coefficient (Wildman–Crippen LogP) is 0.968. The van der Waals surface area contributed by atoms with Gasteiger partial charge in [-0.1, -0.05) is 6.92 Å². The predicted molar refractivity (Wildman–Crippen MR) is 67.8 cm³/mol. The maximum atomic E-state index is 3.42. The van der Waals surface area contributed by atoms with E-state index in [2.05, 4.69) is 33.5 Å². The topological polar surface area (TPSA) is 43.1 Å². The van der Waals surface area contributed by atoms with Crippen molar-refractivity contribution in [1.82, 2.24) is 15.2 Å². The molecule has 2 rings (SSSR count). The Morgan fingerprint density at radius 2 is 2.25 bits per heavy atom. The van der Waals surface area contributed by atoms with E-state index in [1.807, 2.05) is 12.3 Å². The lowest BCUT2D eigenvalue weighted by Crippen LogP contribution is -2.45. The Morgan fingerprint density at radius 1 is 1.44 bits per heavy atom. The number of aromatic amines is 1. The molecule has 1 fully saturated rings. The fourth-order valence-corrected chi connectivity index (χ4v) is 2.12. The zero-order valence-corrected chi connectivity index (χ0v) is 10.00. The molecule has 1 atom stereocenters. The van der Waals surface area contributed by atoms with Crippen molar-refractivity contribution in [3.63, 3.8) is 0 Å². The first-order chi connectivity index (χ1) is 7.84. The minimum absolute atomic E-state index is 0.682. The summed E-state index contributed by atoms with van der Waals surface area (Å²) in [5.74, 6) is 1.80. The van der Waals surface area contributed by atoms with Crippen LogP contribution in [0, 0.1) is 5.92 Å². The molecule has 4 heteroatoms. The van der Waals surface area contributed by atoms with Crippen molar-refractivity contribution in [3.05, 3.63) is 18.3 Å². The van der Waals surface area contributed by atoms with Gasteiger partial charge in [0, 0.05) is 45.5 Å². The van der Waals surface area contributed by atoms with Crippen LogP contribution in [0.3, 0.4) is 0 Å². The summed E-state index contributed by atoms with van der Waals surface area (Å²) in [6.07, 6.45) is 1.95. The summed E-state index contributed by atoms with van der Waals surface area (Å²) in [4.78, 5) is 5.70. The third-order valence-corrected chi connectivity index (χ3v) is 3.02. The van der Waals surface area contributed by atoms with E-state index in [9.17, 15) is 0 Å². The molecule has 1 aliphatic heterocycles. The van der Waals surface area contributed by atoms with Gasteiger partial charge in [0.25, 0.3) is 0 Å². The summed E-state index contributed by atoms with van der Waals surface area (Å²) in [6, 6.07) is 4.08. The van der Waals surface area contributed by atoms with Crippen LogP contribution >= 0.6 is 0 Å². The fourth-order valence-electron chi connectivity index (χ4n) is 2.12. The molecule has 1 saturated heterocycles. The van der Waals surface area contributed by atoms with Crippen LogP contribution in [0.2, 0.25) is 0 Å². The van der Waals surface area contributed by atoms with Crippen molar-refractivity contribution < 1.29 is 0 Å². The molecule has 2 heterocycles. The van der Waals surface area contributed by atoms with E-state index in [1.54, 1.807) is 0 Å². The average molecular weight is 222 g/mol. The summed E-state index contributed by atoms with van der Waals surface area (Å²) in [7, 11) is 0. The van der Waals surface area contributed by atoms with Crippen LogP contribution in [0.15, 0.2) is 18.3 Å². The van der Waals surface area contributed by atoms with Gasteiger partial charge in [-0.3, -0.25) is 0 Å². The lowest BCUT2D eigenvalue weighted by molar-refractivity contribution is 0.215. The summed E-state index contributed by atoms with van der Waals surface area (Å²) < 4.78 is 0. The molecule has 0 saturated carbocycles. The zero-order valence-electron chi connectivity index (χ0n) is 10.00. The van der Waals surface area contributed by atoms with Crippen molar-refractivity contribution in [2.24, 2.45) is 5.92 Å². The third kappa shape index (κ3) is 3.54. The van der Waals surface area contributed by atoms with Gasteiger partial charge in [-0.25, -0.2) is 0 Å². The smallest absolute Gasteiger partial charge is 0.103 e. The summed E-state index contributed by atoms with van der Waals surface area (Å²) in [5.41, 5.74) is 0. The Labute approximate surface area is 97.4 Å². The van der Waals surface area contributed by atoms with Gasteiger partial charge in [0.05, 0.1) is 0 Å². The van der Waals surface area contributed by atoms with Gasteiger partial charge in [0.2, 0.25) is 0 Å². The lowest BCUT2D eigenvalue weighted by Gasteiger charge is -2.29. The van der Waals surface area contributed by atoms with E-state index >= 15 is 0 Å². The molecular formula is C12H22N4. The van der Waals surface area contributed by atoms with E-state index in [4.69, 9.17) is 0 Å². The highest BCUT2D eigenvalue weighted by Crippen LogP contribution is 2.05. The molecule has 0 aromatic carbocycles. The third-order valence-electron chi connectivity index (χ3n) is 3.02. The number of hydrogen-bond acceptors (Lipinski definition) is 3. The van der Waals surface area contributed by atoms with E-state index in [-0.39, 0.29) is 0 Å². The van der Waals surface area contributed by atoms with Crippen molar-refractivity contribution >= 4 is 5.82 Å². The number of hydrogen-bond donors (Lipinski definition) is 3. The van der Waals surface area contributed by atoms with E-state index in [0.29, 0.717) is 5.92 Å². The molecule has 0 radical (unpaired) electrons. The number of nitrogens with zero attached hydrogens (tertiary/aromatic N) is 1. The lowest BCUT2D eigenvalue weighted by atomic mass is 10.1. The Hall–Kier alpha value is -1.00. The number of piperazine rings is 1.